The Hall–Kier alpha value is -3.11. The number of anilines is 1. The number of benzene rings is 3. The number of amides is 1. The highest BCUT2D eigenvalue weighted by molar-refractivity contribution is 6.30. The molecular weight excluding hydrogens is 394 g/mol. The van der Waals surface area contributed by atoms with Gasteiger partial charge in [0.2, 0.25) is 5.91 Å². The smallest absolute Gasteiger partial charge is 0.227 e. The highest BCUT2D eigenvalue weighted by Gasteiger charge is 2.35. The number of halogens is 1. The van der Waals surface area contributed by atoms with Crippen LogP contribution in [0.15, 0.2) is 78.9 Å². The molecule has 0 unspecified atom stereocenters. The van der Waals surface area contributed by atoms with E-state index in [2.05, 4.69) is 41.8 Å². The molecule has 5 heteroatoms. The maximum Gasteiger partial charge on any atom is 0.227 e. The zero-order valence-corrected chi connectivity index (χ0v) is 17.5. The molecule has 3 aromatic carbocycles. The normalized spacial score (nSPS) is 17.6. The molecule has 0 radical (unpaired) electrons. The second-order valence-electron chi connectivity index (χ2n) is 7.80. The third-order valence-corrected chi connectivity index (χ3v) is 6.17. The van der Waals surface area contributed by atoms with Gasteiger partial charge in [-0.05, 0) is 48.9 Å². The van der Waals surface area contributed by atoms with Gasteiger partial charge in [-0.2, -0.15) is 0 Å². The third-order valence-electron chi connectivity index (χ3n) is 5.92. The Morgan fingerprint density at radius 2 is 1.67 bits per heavy atom. The van der Waals surface area contributed by atoms with Crippen LogP contribution in [0.5, 0.6) is 0 Å². The predicted molar refractivity (Wildman–Crippen MR) is 121 cm³/mol. The molecule has 30 heavy (non-hydrogen) atoms. The van der Waals surface area contributed by atoms with Crippen molar-refractivity contribution < 1.29 is 4.79 Å². The van der Waals surface area contributed by atoms with Gasteiger partial charge in [0.25, 0.3) is 0 Å². The summed E-state index contributed by atoms with van der Waals surface area (Å²) in [6.45, 7) is 2.81. The first-order valence-corrected chi connectivity index (χ1v) is 10.6. The molecule has 5 rings (SSSR count). The van der Waals surface area contributed by atoms with Crippen molar-refractivity contribution in [1.29, 1.82) is 0 Å². The molecule has 4 aromatic rings. The molecule has 0 N–H and O–H groups in total. The first-order valence-electron chi connectivity index (χ1n) is 10.2. The molecule has 1 fully saturated rings. The number of nitrogens with zero attached hydrogens (tertiary/aromatic N) is 3. The Bertz CT molecular complexity index is 1200. The van der Waals surface area contributed by atoms with E-state index >= 15 is 0 Å². The van der Waals surface area contributed by atoms with Crippen LogP contribution in [0.1, 0.15) is 36.7 Å². The molecule has 1 aliphatic rings. The molecule has 1 saturated heterocycles. The van der Waals surface area contributed by atoms with Gasteiger partial charge < -0.3 is 9.47 Å². The van der Waals surface area contributed by atoms with Crippen LogP contribution in [-0.4, -0.2) is 22.0 Å². The topological polar surface area (TPSA) is 38.1 Å². The molecule has 0 spiro atoms. The van der Waals surface area contributed by atoms with E-state index in [0.717, 1.165) is 22.5 Å². The highest BCUT2D eigenvalue weighted by Crippen LogP contribution is 2.36. The van der Waals surface area contributed by atoms with Crippen LogP contribution in [-0.2, 0) is 4.79 Å². The van der Waals surface area contributed by atoms with Gasteiger partial charge in [0, 0.05) is 29.6 Å². The van der Waals surface area contributed by atoms with Gasteiger partial charge in [0.1, 0.15) is 5.82 Å². The monoisotopic (exact) mass is 415 g/mol. The average molecular weight is 416 g/mol. The maximum atomic E-state index is 12.9. The number of hydrogen-bond donors (Lipinski definition) is 0. The lowest BCUT2D eigenvalue weighted by Gasteiger charge is -2.21. The van der Waals surface area contributed by atoms with Crippen LogP contribution < -0.4 is 4.90 Å². The number of para-hydroxylation sites is 2. The summed E-state index contributed by atoms with van der Waals surface area (Å²) in [4.78, 5) is 19.7. The second-order valence-corrected chi connectivity index (χ2v) is 8.23. The number of carbonyl (C=O) groups is 1. The van der Waals surface area contributed by atoms with Crippen molar-refractivity contribution in [3.05, 3.63) is 95.3 Å². The van der Waals surface area contributed by atoms with E-state index in [1.165, 1.54) is 5.56 Å². The van der Waals surface area contributed by atoms with Gasteiger partial charge in [0.15, 0.2) is 0 Å². The van der Waals surface area contributed by atoms with E-state index in [4.69, 9.17) is 16.6 Å². The molecule has 4 nitrogen and oxygen atoms in total. The molecule has 1 aromatic heterocycles. The van der Waals surface area contributed by atoms with Crippen LogP contribution in [0.4, 0.5) is 5.69 Å². The van der Waals surface area contributed by atoms with Crippen molar-refractivity contribution in [2.75, 3.05) is 11.4 Å². The zero-order chi connectivity index (χ0) is 20.7. The minimum atomic E-state index is 0.0340. The highest BCUT2D eigenvalue weighted by atomic mass is 35.5. The first-order chi connectivity index (χ1) is 14.6. The van der Waals surface area contributed by atoms with Crippen molar-refractivity contribution in [1.82, 2.24) is 9.55 Å². The summed E-state index contributed by atoms with van der Waals surface area (Å²) in [5, 5.41) is 0.667. The van der Waals surface area contributed by atoms with E-state index in [1.54, 1.807) is 0 Å². The SMILES string of the molecule is C[C@@H](c1ccccc1)n1c([C@H]2CC(=O)N(c3ccc(Cl)cc3)C2)nc2ccccc21. The fraction of sp³-hybridized carbons (Fsp3) is 0.200. The predicted octanol–water partition coefficient (Wildman–Crippen LogP) is 5.82. The van der Waals surface area contributed by atoms with Gasteiger partial charge in [-0.15, -0.1) is 0 Å². The van der Waals surface area contributed by atoms with Crippen molar-refractivity contribution in [3.8, 4) is 0 Å². The van der Waals surface area contributed by atoms with Gasteiger partial charge in [-0.3, -0.25) is 4.79 Å². The fourth-order valence-corrected chi connectivity index (χ4v) is 4.52. The van der Waals surface area contributed by atoms with Crippen LogP contribution >= 0.6 is 11.6 Å². The number of rotatable bonds is 4. The Morgan fingerprint density at radius 3 is 2.43 bits per heavy atom. The largest absolute Gasteiger partial charge is 0.320 e. The Balaban J connectivity index is 1.56. The molecule has 1 aliphatic heterocycles. The minimum Gasteiger partial charge on any atom is -0.320 e. The Kier molecular flexibility index (Phi) is 4.80. The Morgan fingerprint density at radius 1 is 0.967 bits per heavy atom. The fourth-order valence-electron chi connectivity index (χ4n) is 4.39. The first kappa shape index (κ1) is 18.9. The molecular formula is C25H22ClN3O. The van der Waals surface area contributed by atoms with E-state index in [-0.39, 0.29) is 17.9 Å². The van der Waals surface area contributed by atoms with Crippen LogP contribution in [0.25, 0.3) is 11.0 Å². The standard InChI is InChI=1S/C25H22ClN3O/c1-17(18-7-3-2-4-8-18)29-23-10-6-5-9-22(23)27-25(29)19-15-24(30)28(16-19)21-13-11-20(26)12-14-21/h2-14,17,19H,15-16H2,1H3/t17-,19-/m0/s1. The maximum absolute atomic E-state index is 12.9. The van der Waals surface area contributed by atoms with E-state index < -0.39 is 0 Å². The lowest BCUT2D eigenvalue weighted by molar-refractivity contribution is -0.117. The molecule has 2 heterocycles. The van der Waals surface area contributed by atoms with Crippen molar-refractivity contribution in [3.63, 3.8) is 0 Å². The van der Waals surface area contributed by atoms with Gasteiger partial charge in [-0.25, -0.2) is 4.98 Å². The van der Waals surface area contributed by atoms with Gasteiger partial charge in [-0.1, -0.05) is 54.1 Å². The number of carbonyl (C=O) groups excluding carboxylic acids is 1. The lowest BCUT2D eigenvalue weighted by Crippen LogP contribution is -2.24. The number of hydrogen-bond acceptors (Lipinski definition) is 2. The summed E-state index contributed by atoms with van der Waals surface area (Å²) < 4.78 is 2.30. The summed E-state index contributed by atoms with van der Waals surface area (Å²) in [6.07, 6.45) is 0.452. The summed E-state index contributed by atoms with van der Waals surface area (Å²) in [5.74, 6) is 1.12. The zero-order valence-electron chi connectivity index (χ0n) is 16.7. The molecule has 0 saturated carbocycles. The molecule has 1 amide bonds. The molecule has 150 valence electrons. The number of aromatic nitrogens is 2. The molecule has 2 atom stereocenters. The summed E-state index contributed by atoms with van der Waals surface area (Å²) in [7, 11) is 0. The van der Waals surface area contributed by atoms with Gasteiger partial charge in [0.05, 0.1) is 17.1 Å². The lowest BCUT2D eigenvalue weighted by atomic mass is 10.0. The summed E-state index contributed by atoms with van der Waals surface area (Å²) in [6, 6.07) is 26.2. The van der Waals surface area contributed by atoms with Crippen LogP contribution in [0, 0.1) is 0 Å². The van der Waals surface area contributed by atoms with Crippen LogP contribution in [0.2, 0.25) is 5.02 Å². The third kappa shape index (κ3) is 3.27. The summed E-state index contributed by atoms with van der Waals surface area (Å²) >= 11 is 6.02. The minimum absolute atomic E-state index is 0.0340. The number of imidazole rings is 1. The van der Waals surface area contributed by atoms with E-state index in [0.29, 0.717) is 18.0 Å². The van der Waals surface area contributed by atoms with Crippen molar-refractivity contribution in [2.24, 2.45) is 0 Å². The van der Waals surface area contributed by atoms with E-state index in [9.17, 15) is 4.79 Å². The van der Waals surface area contributed by atoms with Gasteiger partial charge >= 0.3 is 0 Å². The number of fused-ring (bicyclic) bond motifs is 1. The second kappa shape index (κ2) is 7.62. The summed E-state index contributed by atoms with van der Waals surface area (Å²) in [5.41, 5.74) is 4.17. The quantitative estimate of drug-likeness (QED) is 0.421. The molecule has 0 bridgehead atoms. The average Bonchev–Trinajstić information content (AvgIpc) is 3.35. The van der Waals surface area contributed by atoms with E-state index in [1.807, 2.05) is 53.4 Å². The Labute approximate surface area is 180 Å². The van der Waals surface area contributed by atoms with Crippen molar-refractivity contribution >= 4 is 34.2 Å². The van der Waals surface area contributed by atoms with Crippen molar-refractivity contribution in [2.45, 2.75) is 25.3 Å². The molecule has 0 aliphatic carbocycles. The van der Waals surface area contributed by atoms with Crippen LogP contribution in [0.3, 0.4) is 0 Å².